The third-order valence-electron chi connectivity index (χ3n) is 1.87. The van der Waals surface area contributed by atoms with Crippen LogP contribution in [0, 0.1) is 0 Å². The van der Waals surface area contributed by atoms with Gasteiger partial charge in [0.1, 0.15) is 0 Å². The number of ether oxygens (including phenoxy) is 2. The first-order chi connectivity index (χ1) is 5.88. The number of hydrogen-bond donors (Lipinski definition) is 0. The summed E-state index contributed by atoms with van der Waals surface area (Å²) in [4.78, 5) is 4.02. The van der Waals surface area contributed by atoms with Crippen molar-refractivity contribution in [3.63, 3.8) is 0 Å². The van der Waals surface area contributed by atoms with Crippen molar-refractivity contribution in [2.75, 3.05) is 13.7 Å². The van der Waals surface area contributed by atoms with E-state index in [4.69, 9.17) is 9.47 Å². The first kappa shape index (κ1) is 7.55. The fourth-order valence-corrected chi connectivity index (χ4v) is 1.14. The molecule has 0 aromatic carbocycles. The molecule has 1 atom stereocenters. The summed E-state index contributed by atoms with van der Waals surface area (Å²) in [5, 5.41) is 0. The van der Waals surface area contributed by atoms with Crippen molar-refractivity contribution in [3.05, 3.63) is 23.9 Å². The molecule has 12 heavy (non-hydrogen) atoms. The van der Waals surface area contributed by atoms with E-state index in [1.54, 1.807) is 13.3 Å². The number of methoxy groups -OCH3 is 1. The van der Waals surface area contributed by atoms with E-state index in [1.165, 1.54) is 5.56 Å². The lowest BCUT2D eigenvalue weighted by Crippen LogP contribution is -1.94. The molecule has 1 aromatic heterocycles. The maximum absolute atomic E-state index is 5.12. The van der Waals surface area contributed by atoms with Crippen molar-refractivity contribution in [1.29, 1.82) is 0 Å². The summed E-state index contributed by atoms with van der Waals surface area (Å²) in [5.41, 5.74) is 1.23. The molecule has 1 aliphatic rings. The van der Waals surface area contributed by atoms with Gasteiger partial charge in [0.05, 0.1) is 19.8 Å². The Kier molecular flexibility index (Phi) is 1.96. The fraction of sp³-hybridized carbons (Fsp3) is 0.444. The van der Waals surface area contributed by atoms with Crippen molar-refractivity contribution in [2.24, 2.45) is 0 Å². The molecule has 3 heteroatoms. The van der Waals surface area contributed by atoms with Gasteiger partial charge in [0.2, 0.25) is 5.88 Å². The molecule has 3 nitrogen and oxygen atoms in total. The predicted molar refractivity (Wildman–Crippen MR) is 44.2 cm³/mol. The Balaban J connectivity index is 2.08. The van der Waals surface area contributed by atoms with Gasteiger partial charge in [0, 0.05) is 18.7 Å². The lowest BCUT2D eigenvalue weighted by Gasteiger charge is -2.00. The van der Waals surface area contributed by atoms with Gasteiger partial charge in [-0.3, -0.25) is 0 Å². The Hall–Kier alpha value is -1.09. The highest BCUT2D eigenvalue weighted by molar-refractivity contribution is 5.21. The summed E-state index contributed by atoms with van der Waals surface area (Å²) in [6.45, 7) is 0.893. The molecule has 64 valence electrons. The van der Waals surface area contributed by atoms with Crippen LogP contribution in [0.5, 0.6) is 5.88 Å². The minimum absolute atomic E-state index is 0.428. The molecular formula is C9H11NO2. The molecule has 1 saturated heterocycles. The standard InChI is InChI=1S/C9H11NO2/c1-11-9-5-7(2-3-10-9)4-8-6-12-8/h2-3,5,8H,4,6H2,1H3. The van der Waals surface area contributed by atoms with Crippen LogP contribution < -0.4 is 4.74 Å². The largest absolute Gasteiger partial charge is 0.481 e. The van der Waals surface area contributed by atoms with Crippen LogP contribution in [-0.2, 0) is 11.2 Å². The molecule has 0 saturated carbocycles. The van der Waals surface area contributed by atoms with Gasteiger partial charge in [-0.1, -0.05) is 0 Å². The van der Waals surface area contributed by atoms with Gasteiger partial charge in [-0.25, -0.2) is 4.98 Å². The zero-order chi connectivity index (χ0) is 8.39. The monoisotopic (exact) mass is 165 g/mol. The first-order valence-corrected chi connectivity index (χ1v) is 3.99. The second kappa shape index (κ2) is 3.11. The molecule has 0 N–H and O–H groups in total. The van der Waals surface area contributed by atoms with Crippen LogP contribution >= 0.6 is 0 Å². The number of hydrogen-bond acceptors (Lipinski definition) is 3. The molecule has 0 radical (unpaired) electrons. The highest BCUT2D eigenvalue weighted by atomic mass is 16.6. The van der Waals surface area contributed by atoms with Crippen molar-refractivity contribution >= 4 is 0 Å². The normalized spacial score (nSPS) is 20.6. The molecule has 0 aliphatic carbocycles. The Morgan fingerprint density at radius 3 is 3.25 bits per heavy atom. The maximum Gasteiger partial charge on any atom is 0.213 e. The summed E-state index contributed by atoms with van der Waals surface area (Å²) in [5.74, 6) is 0.674. The quantitative estimate of drug-likeness (QED) is 0.627. The topological polar surface area (TPSA) is 34.6 Å². The van der Waals surface area contributed by atoms with Crippen LogP contribution in [0.2, 0.25) is 0 Å². The minimum atomic E-state index is 0.428. The summed E-state index contributed by atoms with van der Waals surface area (Å²) >= 11 is 0. The van der Waals surface area contributed by atoms with Gasteiger partial charge >= 0.3 is 0 Å². The SMILES string of the molecule is COc1cc(CC2CO2)ccn1. The van der Waals surface area contributed by atoms with E-state index in [0.717, 1.165) is 13.0 Å². The molecule has 0 bridgehead atoms. The van der Waals surface area contributed by atoms with E-state index < -0.39 is 0 Å². The predicted octanol–water partition coefficient (Wildman–Crippen LogP) is 1.03. The van der Waals surface area contributed by atoms with Crippen molar-refractivity contribution in [2.45, 2.75) is 12.5 Å². The minimum Gasteiger partial charge on any atom is -0.481 e. The molecule has 2 rings (SSSR count). The summed E-state index contributed by atoms with van der Waals surface area (Å²) < 4.78 is 10.1. The van der Waals surface area contributed by atoms with E-state index in [1.807, 2.05) is 12.1 Å². The number of aromatic nitrogens is 1. The van der Waals surface area contributed by atoms with E-state index in [-0.39, 0.29) is 0 Å². The van der Waals surface area contributed by atoms with Crippen LogP contribution in [0.4, 0.5) is 0 Å². The van der Waals surface area contributed by atoms with Crippen LogP contribution in [0.3, 0.4) is 0 Å². The van der Waals surface area contributed by atoms with Gasteiger partial charge in [-0.15, -0.1) is 0 Å². The average Bonchev–Trinajstić information content (AvgIpc) is 2.89. The fourth-order valence-electron chi connectivity index (χ4n) is 1.14. The number of nitrogens with zero attached hydrogens (tertiary/aromatic N) is 1. The molecule has 0 spiro atoms. The van der Waals surface area contributed by atoms with Gasteiger partial charge in [-0.05, 0) is 11.6 Å². The highest BCUT2D eigenvalue weighted by Gasteiger charge is 2.22. The lowest BCUT2D eigenvalue weighted by molar-refractivity contribution is 0.394. The average molecular weight is 165 g/mol. The van der Waals surface area contributed by atoms with Crippen molar-refractivity contribution in [1.82, 2.24) is 4.98 Å². The second-order valence-corrected chi connectivity index (χ2v) is 2.87. The second-order valence-electron chi connectivity index (χ2n) is 2.87. The molecular weight excluding hydrogens is 154 g/mol. The van der Waals surface area contributed by atoms with Crippen molar-refractivity contribution in [3.8, 4) is 5.88 Å². The van der Waals surface area contributed by atoms with Crippen LogP contribution in [-0.4, -0.2) is 24.8 Å². The smallest absolute Gasteiger partial charge is 0.213 e. The zero-order valence-electron chi connectivity index (χ0n) is 6.99. The first-order valence-electron chi connectivity index (χ1n) is 3.99. The van der Waals surface area contributed by atoms with Crippen LogP contribution in [0.25, 0.3) is 0 Å². The molecule has 1 unspecified atom stereocenters. The Morgan fingerprint density at radius 1 is 1.75 bits per heavy atom. The maximum atomic E-state index is 5.12. The van der Waals surface area contributed by atoms with Gasteiger partial charge in [-0.2, -0.15) is 0 Å². The molecule has 1 aromatic rings. The molecule has 2 heterocycles. The molecule has 1 fully saturated rings. The zero-order valence-corrected chi connectivity index (χ0v) is 6.99. The summed E-state index contributed by atoms with van der Waals surface area (Å²) in [6.07, 6.45) is 3.16. The van der Waals surface area contributed by atoms with Gasteiger partial charge in [0.25, 0.3) is 0 Å². The van der Waals surface area contributed by atoms with Crippen molar-refractivity contribution < 1.29 is 9.47 Å². The van der Waals surface area contributed by atoms with E-state index in [9.17, 15) is 0 Å². The number of epoxide rings is 1. The molecule has 1 aliphatic heterocycles. The highest BCUT2D eigenvalue weighted by Crippen LogP contribution is 2.17. The Labute approximate surface area is 71.3 Å². The van der Waals surface area contributed by atoms with E-state index in [2.05, 4.69) is 4.98 Å². The van der Waals surface area contributed by atoms with Gasteiger partial charge < -0.3 is 9.47 Å². The lowest BCUT2D eigenvalue weighted by atomic mass is 10.1. The van der Waals surface area contributed by atoms with Gasteiger partial charge in [0.15, 0.2) is 0 Å². The number of pyridine rings is 1. The van der Waals surface area contributed by atoms with E-state index in [0.29, 0.717) is 12.0 Å². The Morgan fingerprint density at radius 2 is 2.58 bits per heavy atom. The van der Waals surface area contributed by atoms with Crippen LogP contribution in [0.15, 0.2) is 18.3 Å². The summed E-state index contributed by atoms with van der Waals surface area (Å²) in [6, 6.07) is 3.94. The van der Waals surface area contributed by atoms with Crippen LogP contribution in [0.1, 0.15) is 5.56 Å². The van der Waals surface area contributed by atoms with E-state index >= 15 is 0 Å². The number of rotatable bonds is 3. The molecule has 0 amide bonds. The summed E-state index contributed by atoms with van der Waals surface area (Å²) in [7, 11) is 1.62. The Bertz CT molecular complexity index is 271. The third kappa shape index (κ3) is 1.74. The third-order valence-corrected chi connectivity index (χ3v) is 1.87.